The monoisotopic (exact) mass is 204 g/mol. The summed E-state index contributed by atoms with van der Waals surface area (Å²) in [5.74, 6) is -0.433. The number of rotatable bonds is 3. The molecule has 4 nitrogen and oxygen atoms in total. The lowest BCUT2D eigenvalue weighted by Crippen LogP contribution is -2.09. The van der Waals surface area contributed by atoms with Crippen molar-refractivity contribution in [2.75, 3.05) is 10.6 Å². The first kappa shape index (κ1) is 11.0. The van der Waals surface area contributed by atoms with E-state index in [1.54, 1.807) is 24.3 Å². The van der Waals surface area contributed by atoms with E-state index in [1.807, 2.05) is 0 Å². The molecule has 1 rings (SSSR count). The minimum absolute atomic E-state index is 0.151. The second-order valence-corrected chi connectivity index (χ2v) is 2.96. The van der Waals surface area contributed by atoms with E-state index in [2.05, 4.69) is 17.2 Å². The fourth-order valence-corrected chi connectivity index (χ4v) is 1.07. The smallest absolute Gasteiger partial charge is 0.247 e. The number of carbonyl (C=O) groups excluding carboxylic acids is 2. The van der Waals surface area contributed by atoms with Crippen LogP contribution >= 0.6 is 0 Å². The van der Waals surface area contributed by atoms with Gasteiger partial charge in [-0.1, -0.05) is 12.6 Å². The summed E-state index contributed by atoms with van der Waals surface area (Å²) in [5, 5.41) is 5.22. The number of benzene rings is 1. The Morgan fingerprint density at radius 3 is 2.40 bits per heavy atom. The predicted octanol–water partition coefficient (Wildman–Crippen LogP) is 1.77. The average molecular weight is 204 g/mol. The maximum Gasteiger partial charge on any atom is 0.247 e. The molecule has 0 unspecified atom stereocenters. The summed E-state index contributed by atoms with van der Waals surface area (Å²) in [6, 6.07) is 6.88. The summed E-state index contributed by atoms with van der Waals surface area (Å²) in [6.45, 7) is 4.77. The molecule has 2 N–H and O–H groups in total. The van der Waals surface area contributed by atoms with Crippen molar-refractivity contribution in [1.82, 2.24) is 0 Å². The third kappa shape index (κ3) is 3.64. The van der Waals surface area contributed by atoms with Crippen LogP contribution in [-0.2, 0) is 9.59 Å². The molecule has 0 atom stereocenters. The van der Waals surface area contributed by atoms with Crippen LogP contribution in [0.2, 0.25) is 0 Å². The molecule has 0 aliphatic heterocycles. The molecular weight excluding hydrogens is 192 g/mol. The van der Waals surface area contributed by atoms with Crippen molar-refractivity contribution in [2.45, 2.75) is 6.92 Å². The third-order valence-corrected chi connectivity index (χ3v) is 1.64. The quantitative estimate of drug-likeness (QED) is 0.737. The average Bonchev–Trinajstić information content (AvgIpc) is 2.17. The molecule has 1 aromatic rings. The fourth-order valence-electron chi connectivity index (χ4n) is 1.07. The van der Waals surface area contributed by atoms with Gasteiger partial charge in [0.2, 0.25) is 11.8 Å². The standard InChI is InChI=1S/C11H12N2O2/c1-3-11(15)13-10-6-4-5-9(7-10)12-8(2)14/h3-7H,1H2,2H3,(H,12,14)(H,13,15). The van der Waals surface area contributed by atoms with E-state index in [4.69, 9.17) is 0 Å². The van der Waals surface area contributed by atoms with Crippen molar-refractivity contribution in [3.63, 3.8) is 0 Å². The summed E-state index contributed by atoms with van der Waals surface area (Å²) < 4.78 is 0. The van der Waals surface area contributed by atoms with Gasteiger partial charge in [-0.15, -0.1) is 0 Å². The highest BCUT2D eigenvalue weighted by molar-refractivity contribution is 5.99. The van der Waals surface area contributed by atoms with Crippen LogP contribution in [0.5, 0.6) is 0 Å². The first-order chi connectivity index (χ1) is 7.11. The van der Waals surface area contributed by atoms with Crippen molar-refractivity contribution in [3.8, 4) is 0 Å². The highest BCUT2D eigenvalue weighted by Crippen LogP contribution is 2.14. The van der Waals surface area contributed by atoms with E-state index in [9.17, 15) is 9.59 Å². The van der Waals surface area contributed by atoms with Crippen LogP contribution in [0.3, 0.4) is 0 Å². The van der Waals surface area contributed by atoms with Crippen molar-refractivity contribution < 1.29 is 9.59 Å². The molecule has 1 aromatic carbocycles. The number of carbonyl (C=O) groups is 2. The van der Waals surface area contributed by atoms with Crippen LogP contribution < -0.4 is 10.6 Å². The van der Waals surface area contributed by atoms with Gasteiger partial charge in [0, 0.05) is 18.3 Å². The van der Waals surface area contributed by atoms with Gasteiger partial charge in [-0.2, -0.15) is 0 Å². The van der Waals surface area contributed by atoms with Crippen LogP contribution in [0.4, 0.5) is 11.4 Å². The van der Waals surface area contributed by atoms with E-state index >= 15 is 0 Å². The van der Waals surface area contributed by atoms with Crippen LogP contribution in [-0.4, -0.2) is 11.8 Å². The number of anilines is 2. The Hall–Kier alpha value is -2.10. The fraction of sp³-hybridized carbons (Fsp3) is 0.0909. The molecule has 0 aliphatic carbocycles. The van der Waals surface area contributed by atoms with E-state index in [0.29, 0.717) is 11.4 Å². The van der Waals surface area contributed by atoms with Crippen molar-refractivity contribution in [3.05, 3.63) is 36.9 Å². The molecule has 0 saturated carbocycles. The Morgan fingerprint density at radius 2 is 1.87 bits per heavy atom. The molecule has 0 radical (unpaired) electrons. The Morgan fingerprint density at radius 1 is 1.27 bits per heavy atom. The van der Waals surface area contributed by atoms with Crippen LogP contribution in [0.1, 0.15) is 6.92 Å². The first-order valence-corrected chi connectivity index (χ1v) is 4.43. The van der Waals surface area contributed by atoms with Gasteiger partial charge >= 0.3 is 0 Å². The molecule has 0 spiro atoms. The zero-order valence-corrected chi connectivity index (χ0v) is 8.41. The molecule has 78 valence electrons. The molecule has 0 fully saturated rings. The molecule has 0 saturated heterocycles. The van der Waals surface area contributed by atoms with Gasteiger partial charge in [-0.05, 0) is 24.3 Å². The molecular formula is C11H12N2O2. The van der Waals surface area contributed by atoms with Gasteiger partial charge in [0.15, 0.2) is 0 Å². The number of hydrogen-bond acceptors (Lipinski definition) is 2. The molecule has 4 heteroatoms. The van der Waals surface area contributed by atoms with Gasteiger partial charge in [0.25, 0.3) is 0 Å². The normalized spacial score (nSPS) is 9.13. The van der Waals surface area contributed by atoms with Crippen molar-refractivity contribution in [2.24, 2.45) is 0 Å². The Labute approximate surface area is 88.0 Å². The van der Waals surface area contributed by atoms with Crippen molar-refractivity contribution in [1.29, 1.82) is 0 Å². The second-order valence-electron chi connectivity index (χ2n) is 2.96. The molecule has 0 heterocycles. The van der Waals surface area contributed by atoms with E-state index < -0.39 is 0 Å². The molecule has 2 amide bonds. The maximum atomic E-state index is 11.0. The lowest BCUT2D eigenvalue weighted by atomic mass is 10.2. The zero-order chi connectivity index (χ0) is 11.3. The summed E-state index contributed by atoms with van der Waals surface area (Å²) in [4.78, 5) is 21.8. The van der Waals surface area contributed by atoms with Gasteiger partial charge in [-0.25, -0.2) is 0 Å². The molecule has 0 bridgehead atoms. The predicted molar refractivity (Wildman–Crippen MR) is 59.6 cm³/mol. The largest absolute Gasteiger partial charge is 0.326 e. The first-order valence-electron chi connectivity index (χ1n) is 4.43. The molecule has 15 heavy (non-hydrogen) atoms. The number of nitrogens with one attached hydrogen (secondary N) is 2. The van der Waals surface area contributed by atoms with Crippen LogP contribution in [0.25, 0.3) is 0 Å². The lowest BCUT2D eigenvalue weighted by molar-refractivity contribution is -0.114. The van der Waals surface area contributed by atoms with E-state index in [-0.39, 0.29) is 11.8 Å². The summed E-state index contributed by atoms with van der Waals surface area (Å²) in [7, 11) is 0. The SMILES string of the molecule is C=CC(=O)Nc1cccc(NC(C)=O)c1. The minimum atomic E-state index is -0.282. The highest BCUT2D eigenvalue weighted by atomic mass is 16.2. The Kier molecular flexibility index (Phi) is 3.62. The Balaban J connectivity index is 2.78. The topological polar surface area (TPSA) is 58.2 Å². The van der Waals surface area contributed by atoms with Crippen LogP contribution in [0, 0.1) is 0 Å². The lowest BCUT2D eigenvalue weighted by Gasteiger charge is -2.05. The highest BCUT2D eigenvalue weighted by Gasteiger charge is 1.99. The number of hydrogen-bond donors (Lipinski definition) is 2. The number of amides is 2. The summed E-state index contributed by atoms with van der Waals surface area (Å²) >= 11 is 0. The summed E-state index contributed by atoms with van der Waals surface area (Å²) in [6.07, 6.45) is 1.19. The molecule has 0 aromatic heterocycles. The minimum Gasteiger partial charge on any atom is -0.326 e. The van der Waals surface area contributed by atoms with E-state index in [0.717, 1.165) is 0 Å². The maximum absolute atomic E-state index is 11.0. The summed E-state index contributed by atoms with van der Waals surface area (Å²) in [5.41, 5.74) is 1.26. The van der Waals surface area contributed by atoms with E-state index in [1.165, 1.54) is 13.0 Å². The van der Waals surface area contributed by atoms with Gasteiger partial charge in [-0.3, -0.25) is 9.59 Å². The third-order valence-electron chi connectivity index (χ3n) is 1.64. The van der Waals surface area contributed by atoms with Crippen molar-refractivity contribution >= 4 is 23.2 Å². The Bertz CT molecular complexity index is 399. The van der Waals surface area contributed by atoms with Gasteiger partial charge < -0.3 is 10.6 Å². The van der Waals surface area contributed by atoms with Crippen LogP contribution in [0.15, 0.2) is 36.9 Å². The van der Waals surface area contributed by atoms with Gasteiger partial charge in [0.1, 0.15) is 0 Å². The van der Waals surface area contributed by atoms with Gasteiger partial charge in [0.05, 0.1) is 0 Å². The second kappa shape index (κ2) is 4.95. The molecule has 0 aliphatic rings. The zero-order valence-electron chi connectivity index (χ0n) is 8.41.